The Kier molecular flexibility index (Phi) is 9.54. The fourth-order valence-corrected chi connectivity index (χ4v) is 2.08. The van der Waals surface area contributed by atoms with Crippen LogP contribution in [0, 0.1) is 0 Å². The van der Waals surface area contributed by atoms with Gasteiger partial charge in [-0.2, -0.15) is 0 Å². The monoisotopic (exact) mass is 348 g/mol. The minimum absolute atomic E-state index is 0.205. The molecule has 5 N–H and O–H groups in total. The van der Waals surface area contributed by atoms with Crippen molar-refractivity contribution in [2.75, 3.05) is 19.6 Å². The molecule has 0 heterocycles. The fourth-order valence-electron chi connectivity index (χ4n) is 2.08. The van der Waals surface area contributed by atoms with Gasteiger partial charge >= 0.3 is 0 Å². The van der Waals surface area contributed by atoms with E-state index in [0.717, 1.165) is 11.8 Å². The Bertz CT molecular complexity index is 577. The number of nitrogens with two attached hydrogens (primary N) is 1. The molecule has 0 aliphatic heterocycles. The fraction of sp³-hybridized carbons (Fsp3) is 0.412. The molecular formula is C17H24N4O4. The quantitative estimate of drug-likeness (QED) is 0.297. The van der Waals surface area contributed by atoms with Gasteiger partial charge in [-0.05, 0) is 12.0 Å². The molecule has 0 aromatic heterocycles. The summed E-state index contributed by atoms with van der Waals surface area (Å²) in [6, 6.07) is 8.39. The van der Waals surface area contributed by atoms with Gasteiger partial charge in [0.15, 0.2) is 0 Å². The average Bonchev–Trinajstić information content (AvgIpc) is 2.63. The van der Waals surface area contributed by atoms with E-state index in [2.05, 4.69) is 16.0 Å². The third-order valence-corrected chi connectivity index (χ3v) is 3.36. The zero-order chi connectivity index (χ0) is 18.5. The largest absolute Gasteiger partial charge is 0.355 e. The summed E-state index contributed by atoms with van der Waals surface area (Å²) in [5.41, 5.74) is 6.16. The molecule has 25 heavy (non-hydrogen) atoms. The second-order valence-corrected chi connectivity index (χ2v) is 5.39. The van der Waals surface area contributed by atoms with E-state index in [1.165, 1.54) is 0 Å². The molecule has 0 aliphatic carbocycles. The first kappa shape index (κ1) is 20.3. The van der Waals surface area contributed by atoms with Gasteiger partial charge in [-0.15, -0.1) is 0 Å². The Balaban J connectivity index is 2.52. The Morgan fingerprint density at radius 1 is 1.08 bits per heavy atom. The third kappa shape index (κ3) is 8.61. The predicted octanol–water partition coefficient (Wildman–Crippen LogP) is -1.12. The number of hydrogen-bond donors (Lipinski definition) is 4. The van der Waals surface area contributed by atoms with Gasteiger partial charge in [-0.3, -0.25) is 14.4 Å². The van der Waals surface area contributed by atoms with Gasteiger partial charge in [0, 0.05) is 19.4 Å². The first-order valence-electron chi connectivity index (χ1n) is 8.08. The van der Waals surface area contributed by atoms with Crippen LogP contribution < -0.4 is 21.7 Å². The second-order valence-electron chi connectivity index (χ2n) is 5.39. The molecule has 8 heteroatoms. The molecule has 0 spiro atoms. The number of unbranched alkanes of at least 4 members (excludes halogenated alkanes) is 1. The van der Waals surface area contributed by atoms with Crippen molar-refractivity contribution in [1.29, 1.82) is 0 Å². The van der Waals surface area contributed by atoms with E-state index in [1.807, 2.05) is 30.3 Å². The predicted molar refractivity (Wildman–Crippen MR) is 92.4 cm³/mol. The van der Waals surface area contributed by atoms with Gasteiger partial charge in [-0.1, -0.05) is 30.3 Å². The van der Waals surface area contributed by atoms with Crippen LogP contribution in [0.15, 0.2) is 30.3 Å². The summed E-state index contributed by atoms with van der Waals surface area (Å²) in [7, 11) is 0. The summed E-state index contributed by atoms with van der Waals surface area (Å²) in [4.78, 5) is 45.7. The zero-order valence-corrected chi connectivity index (χ0v) is 14.0. The van der Waals surface area contributed by atoms with Gasteiger partial charge in [0.1, 0.15) is 12.3 Å². The van der Waals surface area contributed by atoms with Crippen LogP contribution in [0.25, 0.3) is 0 Å². The number of nitrogens with one attached hydrogen (secondary N) is 3. The first-order chi connectivity index (χ1) is 12.1. The van der Waals surface area contributed by atoms with E-state index < -0.39 is 17.9 Å². The van der Waals surface area contributed by atoms with Crippen molar-refractivity contribution in [3.05, 3.63) is 35.9 Å². The van der Waals surface area contributed by atoms with Crippen LogP contribution in [-0.2, 0) is 25.6 Å². The molecule has 3 amide bonds. The van der Waals surface area contributed by atoms with E-state index in [-0.39, 0.29) is 19.0 Å². The van der Waals surface area contributed by atoms with Crippen molar-refractivity contribution in [1.82, 2.24) is 16.0 Å². The highest BCUT2D eigenvalue weighted by Crippen LogP contribution is 2.03. The molecule has 8 nitrogen and oxygen atoms in total. The van der Waals surface area contributed by atoms with Crippen molar-refractivity contribution in [3.8, 4) is 0 Å². The standard InChI is InChI=1S/C17H24N4O4/c18-11-15(23)21-14(10-13-6-2-1-3-7-13)17(25)20-12-16(24)19-8-4-5-9-22/h1-3,6-7,9,14H,4-5,8,10-12,18H2,(H,19,24)(H,20,25)(H,21,23). The Morgan fingerprint density at radius 3 is 2.44 bits per heavy atom. The maximum atomic E-state index is 12.3. The Labute approximate surface area is 146 Å². The zero-order valence-electron chi connectivity index (χ0n) is 14.0. The molecule has 1 rings (SSSR count). The van der Waals surface area contributed by atoms with E-state index in [9.17, 15) is 19.2 Å². The SMILES string of the molecule is NCC(=O)NC(Cc1ccccc1)C(=O)NCC(=O)NCCCC=O. The lowest BCUT2D eigenvalue weighted by Gasteiger charge is -2.18. The van der Waals surface area contributed by atoms with Crippen LogP contribution in [0.3, 0.4) is 0 Å². The van der Waals surface area contributed by atoms with Crippen LogP contribution in [0.2, 0.25) is 0 Å². The lowest BCUT2D eigenvalue weighted by atomic mass is 10.1. The maximum Gasteiger partial charge on any atom is 0.243 e. The van der Waals surface area contributed by atoms with Gasteiger partial charge in [-0.25, -0.2) is 0 Å². The van der Waals surface area contributed by atoms with E-state index in [0.29, 0.717) is 25.8 Å². The number of amides is 3. The van der Waals surface area contributed by atoms with Gasteiger partial charge < -0.3 is 26.5 Å². The highest BCUT2D eigenvalue weighted by atomic mass is 16.2. The number of carbonyl (C=O) groups excluding carboxylic acids is 4. The molecule has 136 valence electrons. The Morgan fingerprint density at radius 2 is 1.80 bits per heavy atom. The number of carbonyl (C=O) groups is 4. The summed E-state index contributed by atoms with van der Waals surface area (Å²) in [6.45, 7) is -0.0652. The summed E-state index contributed by atoms with van der Waals surface area (Å²) in [6.07, 6.45) is 1.99. The third-order valence-electron chi connectivity index (χ3n) is 3.36. The lowest BCUT2D eigenvalue weighted by molar-refractivity contribution is -0.129. The molecule has 0 saturated heterocycles. The van der Waals surface area contributed by atoms with Crippen LogP contribution in [0.5, 0.6) is 0 Å². The molecule has 0 bridgehead atoms. The smallest absolute Gasteiger partial charge is 0.243 e. The molecule has 0 radical (unpaired) electrons. The number of rotatable bonds is 11. The average molecular weight is 348 g/mol. The summed E-state index contributed by atoms with van der Waals surface area (Å²) >= 11 is 0. The minimum atomic E-state index is -0.818. The van der Waals surface area contributed by atoms with Gasteiger partial charge in [0.2, 0.25) is 17.7 Å². The molecule has 1 aromatic rings. The molecular weight excluding hydrogens is 324 g/mol. The maximum absolute atomic E-state index is 12.3. The number of benzene rings is 1. The van der Waals surface area contributed by atoms with Gasteiger partial charge in [0.25, 0.3) is 0 Å². The van der Waals surface area contributed by atoms with Crippen LogP contribution in [0.4, 0.5) is 0 Å². The lowest BCUT2D eigenvalue weighted by Crippen LogP contribution is -2.51. The second kappa shape index (κ2) is 11.7. The van der Waals surface area contributed by atoms with Crippen LogP contribution in [-0.4, -0.2) is 49.7 Å². The summed E-state index contributed by atoms with van der Waals surface area (Å²) < 4.78 is 0. The number of hydrogen-bond acceptors (Lipinski definition) is 5. The highest BCUT2D eigenvalue weighted by molar-refractivity contribution is 5.91. The van der Waals surface area contributed by atoms with Crippen LogP contribution in [0.1, 0.15) is 18.4 Å². The minimum Gasteiger partial charge on any atom is -0.355 e. The molecule has 0 fully saturated rings. The van der Waals surface area contributed by atoms with E-state index in [4.69, 9.17) is 5.73 Å². The molecule has 1 unspecified atom stereocenters. The van der Waals surface area contributed by atoms with Crippen molar-refractivity contribution in [2.45, 2.75) is 25.3 Å². The Hall–Kier alpha value is -2.74. The molecule has 0 saturated carbocycles. The topological polar surface area (TPSA) is 130 Å². The normalized spacial score (nSPS) is 11.2. The van der Waals surface area contributed by atoms with Crippen LogP contribution >= 0.6 is 0 Å². The van der Waals surface area contributed by atoms with Gasteiger partial charge in [0.05, 0.1) is 13.1 Å². The summed E-state index contributed by atoms with van der Waals surface area (Å²) in [5.74, 6) is -1.27. The first-order valence-corrected chi connectivity index (χ1v) is 8.08. The summed E-state index contributed by atoms with van der Waals surface area (Å²) in [5, 5.41) is 7.64. The molecule has 1 aromatic carbocycles. The van der Waals surface area contributed by atoms with Crippen molar-refractivity contribution >= 4 is 24.0 Å². The van der Waals surface area contributed by atoms with E-state index in [1.54, 1.807) is 0 Å². The molecule has 0 aliphatic rings. The van der Waals surface area contributed by atoms with Crippen molar-refractivity contribution in [2.24, 2.45) is 5.73 Å². The highest BCUT2D eigenvalue weighted by Gasteiger charge is 2.21. The van der Waals surface area contributed by atoms with Crippen molar-refractivity contribution < 1.29 is 19.2 Å². The van der Waals surface area contributed by atoms with E-state index >= 15 is 0 Å². The van der Waals surface area contributed by atoms with Crippen molar-refractivity contribution in [3.63, 3.8) is 0 Å². The molecule has 1 atom stereocenters. The number of aldehydes is 1.